The normalized spacial score (nSPS) is 21.2. The molecule has 1 aromatic rings. The van der Waals surface area contributed by atoms with Crippen LogP contribution in [0.5, 0.6) is 0 Å². The van der Waals surface area contributed by atoms with Crippen molar-refractivity contribution in [3.05, 3.63) is 34.9 Å². The van der Waals surface area contributed by atoms with E-state index in [2.05, 4.69) is 17.6 Å². The summed E-state index contributed by atoms with van der Waals surface area (Å²) in [6.45, 7) is 2.53. The van der Waals surface area contributed by atoms with Crippen LogP contribution in [0, 0.1) is 5.92 Å². The monoisotopic (exact) mass is 322 g/mol. The van der Waals surface area contributed by atoms with E-state index in [1.54, 1.807) is 24.3 Å². The lowest BCUT2D eigenvalue weighted by Crippen LogP contribution is -2.42. The van der Waals surface area contributed by atoms with Crippen LogP contribution in [0.15, 0.2) is 24.3 Å². The summed E-state index contributed by atoms with van der Waals surface area (Å²) in [6.07, 6.45) is 4.98. The van der Waals surface area contributed by atoms with Crippen molar-refractivity contribution in [3.63, 3.8) is 0 Å². The molecule has 0 bridgehead atoms. The minimum Gasteiger partial charge on any atom is -0.353 e. The van der Waals surface area contributed by atoms with Crippen molar-refractivity contribution in [1.29, 1.82) is 0 Å². The van der Waals surface area contributed by atoms with Crippen LogP contribution in [0.1, 0.15) is 49.4 Å². The van der Waals surface area contributed by atoms with Gasteiger partial charge in [-0.1, -0.05) is 31.4 Å². The van der Waals surface area contributed by atoms with E-state index in [4.69, 9.17) is 11.6 Å². The Hall–Kier alpha value is -1.55. The molecule has 4 nitrogen and oxygen atoms in total. The van der Waals surface area contributed by atoms with Gasteiger partial charge in [-0.2, -0.15) is 0 Å². The number of hydrogen-bond donors (Lipinski definition) is 2. The molecule has 0 heterocycles. The van der Waals surface area contributed by atoms with Gasteiger partial charge in [0.05, 0.1) is 0 Å². The lowest BCUT2D eigenvalue weighted by molar-refractivity contribution is -0.122. The third-order valence-electron chi connectivity index (χ3n) is 4.20. The van der Waals surface area contributed by atoms with E-state index in [1.807, 2.05) is 0 Å². The van der Waals surface area contributed by atoms with Crippen molar-refractivity contribution in [3.8, 4) is 0 Å². The Morgan fingerprint density at radius 3 is 2.55 bits per heavy atom. The van der Waals surface area contributed by atoms with E-state index in [-0.39, 0.29) is 17.9 Å². The van der Waals surface area contributed by atoms with Gasteiger partial charge < -0.3 is 10.6 Å². The highest BCUT2D eigenvalue weighted by Gasteiger charge is 2.22. The van der Waals surface area contributed by atoms with Crippen molar-refractivity contribution in [2.24, 2.45) is 5.92 Å². The third kappa shape index (κ3) is 5.02. The first kappa shape index (κ1) is 16.8. The lowest BCUT2D eigenvalue weighted by Gasteiger charge is -2.29. The second kappa shape index (κ2) is 8.18. The van der Waals surface area contributed by atoms with Gasteiger partial charge in [0.25, 0.3) is 5.91 Å². The van der Waals surface area contributed by atoms with E-state index in [1.165, 1.54) is 19.3 Å². The van der Waals surface area contributed by atoms with Gasteiger partial charge in [-0.25, -0.2) is 0 Å². The predicted octanol–water partition coefficient (Wildman–Crippen LogP) is 3.15. The fourth-order valence-electron chi connectivity index (χ4n) is 2.80. The summed E-state index contributed by atoms with van der Waals surface area (Å²) >= 11 is 5.78. The van der Waals surface area contributed by atoms with Crippen LogP contribution in [0.4, 0.5) is 0 Å². The first-order valence-corrected chi connectivity index (χ1v) is 8.27. The fraction of sp³-hybridized carbons (Fsp3) is 0.529. The van der Waals surface area contributed by atoms with E-state index in [0.29, 0.717) is 29.5 Å². The lowest BCUT2D eigenvalue weighted by atomic mass is 9.86. The van der Waals surface area contributed by atoms with Gasteiger partial charge in [-0.3, -0.25) is 9.59 Å². The Bertz CT molecular complexity index is 516. The summed E-state index contributed by atoms with van der Waals surface area (Å²) < 4.78 is 0. The second-order valence-electron chi connectivity index (χ2n) is 5.95. The summed E-state index contributed by atoms with van der Waals surface area (Å²) in [5.41, 5.74) is 0.547. The molecular formula is C17H23ClN2O2. The fourth-order valence-corrected chi connectivity index (χ4v) is 2.93. The molecule has 22 heavy (non-hydrogen) atoms. The highest BCUT2D eigenvalue weighted by Crippen LogP contribution is 2.23. The van der Waals surface area contributed by atoms with Crippen LogP contribution in [-0.4, -0.2) is 24.4 Å². The maximum atomic E-state index is 11.9. The number of halogens is 1. The number of rotatable bonds is 5. The molecule has 0 spiro atoms. The molecule has 1 aromatic carbocycles. The summed E-state index contributed by atoms with van der Waals surface area (Å²) in [4.78, 5) is 23.8. The number of benzene rings is 1. The van der Waals surface area contributed by atoms with Gasteiger partial charge in [0, 0.05) is 29.6 Å². The number of amides is 2. The first-order chi connectivity index (χ1) is 10.6. The third-order valence-corrected chi connectivity index (χ3v) is 4.45. The maximum absolute atomic E-state index is 11.9. The Morgan fingerprint density at radius 2 is 1.86 bits per heavy atom. The molecule has 120 valence electrons. The minimum atomic E-state index is -0.185. The average Bonchev–Trinajstić information content (AvgIpc) is 2.50. The number of hydrogen-bond acceptors (Lipinski definition) is 2. The molecular weight excluding hydrogens is 300 g/mol. The van der Waals surface area contributed by atoms with Crippen LogP contribution < -0.4 is 10.6 Å². The summed E-state index contributed by atoms with van der Waals surface area (Å²) in [7, 11) is 0. The highest BCUT2D eigenvalue weighted by atomic mass is 35.5. The van der Waals surface area contributed by atoms with Gasteiger partial charge in [0.1, 0.15) is 0 Å². The number of carbonyl (C=O) groups is 2. The Kier molecular flexibility index (Phi) is 6.25. The van der Waals surface area contributed by atoms with Crippen molar-refractivity contribution >= 4 is 23.4 Å². The van der Waals surface area contributed by atoms with E-state index < -0.39 is 0 Å². The van der Waals surface area contributed by atoms with Gasteiger partial charge in [-0.05, 0) is 43.0 Å². The molecule has 2 rings (SSSR count). The first-order valence-electron chi connectivity index (χ1n) is 7.89. The molecule has 2 N–H and O–H groups in total. The zero-order chi connectivity index (χ0) is 15.9. The van der Waals surface area contributed by atoms with Crippen molar-refractivity contribution in [2.45, 2.75) is 45.1 Å². The molecule has 0 unspecified atom stereocenters. The van der Waals surface area contributed by atoms with Gasteiger partial charge in [0.2, 0.25) is 5.91 Å². The summed E-state index contributed by atoms with van der Waals surface area (Å²) in [5.74, 6) is 0.368. The number of carbonyl (C=O) groups excluding carboxylic acids is 2. The van der Waals surface area contributed by atoms with Crippen LogP contribution >= 0.6 is 11.6 Å². The zero-order valence-corrected chi connectivity index (χ0v) is 13.7. The summed E-state index contributed by atoms with van der Waals surface area (Å²) in [5, 5.41) is 6.43. The Morgan fingerprint density at radius 1 is 1.18 bits per heavy atom. The van der Waals surface area contributed by atoms with E-state index in [9.17, 15) is 9.59 Å². The van der Waals surface area contributed by atoms with Crippen LogP contribution in [0.2, 0.25) is 5.02 Å². The molecule has 0 aliphatic heterocycles. The van der Waals surface area contributed by atoms with Crippen molar-refractivity contribution in [1.82, 2.24) is 10.6 Å². The molecule has 5 heteroatoms. The smallest absolute Gasteiger partial charge is 0.251 e. The van der Waals surface area contributed by atoms with Gasteiger partial charge in [0.15, 0.2) is 0 Å². The summed E-state index contributed by atoms with van der Waals surface area (Å²) in [6, 6.07) is 6.97. The predicted molar refractivity (Wildman–Crippen MR) is 88.0 cm³/mol. The molecule has 2 atom stereocenters. The van der Waals surface area contributed by atoms with Crippen LogP contribution in [-0.2, 0) is 4.79 Å². The molecule has 0 radical (unpaired) electrons. The zero-order valence-electron chi connectivity index (χ0n) is 12.9. The molecule has 1 fully saturated rings. The van der Waals surface area contributed by atoms with Crippen molar-refractivity contribution < 1.29 is 9.59 Å². The molecule has 1 saturated carbocycles. The highest BCUT2D eigenvalue weighted by molar-refractivity contribution is 6.30. The molecule has 0 aromatic heterocycles. The maximum Gasteiger partial charge on any atom is 0.251 e. The molecule has 2 amide bonds. The average molecular weight is 323 g/mol. The van der Waals surface area contributed by atoms with E-state index >= 15 is 0 Å². The molecule has 1 aliphatic rings. The SMILES string of the molecule is C[C@H]1CCCC[C@H]1NC(=O)CCNC(=O)c1ccc(Cl)cc1. The largest absolute Gasteiger partial charge is 0.353 e. The van der Waals surface area contributed by atoms with E-state index in [0.717, 1.165) is 6.42 Å². The quantitative estimate of drug-likeness (QED) is 0.875. The Labute approximate surface area is 136 Å². The Balaban J connectivity index is 1.70. The van der Waals surface area contributed by atoms with Gasteiger partial charge in [-0.15, -0.1) is 0 Å². The van der Waals surface area contributed by atoms with Crippen LogP contribution in [0.3, 0.4) is 0 Å². The van der Waals surface area contributed by atoms with Crippen molar-refractivity contribution in [2.75, 3.05) is 6.54 Å². The number of nitrogens with one attached hydrogen (secondary N) is 2. The second-order valence-corrected chi connectivity index (χ2v) is 6.38. The van der Waals surface area contributed by atoms with Crippen LogP contribution in [0.25, 0.3) is 0 Å². The van der Waals surface area contributed by atoms with Gasteiger partial charge >= 0.3 is 0 Å². The minimum absolute atomic E-state index is 0.00940. The molecule has 0 saturated heterocycles. The standard InChI is InChI=1S/C17H23ClN2O2/c1-12-4-2-3-5-15(12)20-16(21)10-11-19-17(22)13-6-8-14(18)9-7-13/h6-9,12,15H,2-5,10-11H2,1H3,(H,19,22)(H,20,21)/t12-,15+/m0/s1. The topological polar surface area (TPSA) is 58.2 Å². The molecule has 1 aliphatic carbocycles.